The highest BCUT2D eigenvalue weighted by atomic mass is 15.1. The molecule has 1 aliphatic rings. The summed E-state index contributed by atoms with van der Waals surface area (Å²) in [6, 6.07) is 6.75. The fraction of sp³-hybridized carbons (Fsp3) is 0.600. The van der Waals surface area contributed by atoms with Crippen LogP contribution in [-0.4, -0.2) is 24.5 Å². The second kappa shape index (κ2) is 5.65. The smallest absolute Gasteiger partial charge is 0.0236 e. The molecule has 0 aromatic heterocycles. The minimum atomic E-state index is 0.754. The molecule has 0 saturated carbocycles. The third kappa shape index (κ3) is 3.30. The van der Waals surface area contributed by atoms with E-state index in [1.165, 1.54) is 42.6 Å². The highest BCUT2D eigenvalue weighted by Crippen LogP contribution is 2.19. The van der Waals surface area contributed by atoms with Gasteiger partial charge in [-0.1, -0.05) is 23.8 Å². The summed E-state index contributed by atoms with van der Waals surface area (Å²) in [5.41, 5.74) is 9.99. The molecule has 2 N–H and O–H groups in total. The summed E-state index contributed by atoms with van der Waals surface area (Å²) in [6.07, 6.45) is 2.53. The van der Waals surface area contributed by atoms with E-state index in [4.69, 9.17) is 5.73 Å². The number of likely N-dealkylation sites (tertiary alicyclic amines) is 1. The van der Waals surface area contributed by atoms with Gasteiger partial charge in [0.1, 0.15) is 0 Å². The van der Waals surface area contributed by atoms with Crippen LogP contribution >= 0.6 is 0 Å². The van der Waals surface area contributed by atoms with Crippen LogP contribution in [0.25, 0.3) is 0 Å². The zero-order valence-electron chi connectivity index (χ0n) is 11.1. The highest BCUT2D eigenvalue weighted by molar-refractivity contribution is 5.30. The minimum absolute atomic E-state index is 0.754. The Morgan fingerprint density at radius 2 is 1.94 bits per heavy atom. The number of nitrogens with two attached hydrogens (primary N) is 1. The maximum Gasteiger partial charge on any atom is 0.0236 e. The third-order valence-electron chi connectivity index (χ3n) is 3.94. The van der Waals surface area contributed by atoms with Gasteiger partial charge >= 0.3 is 0 Å². The second-order valence-corrected chi connectivity index (χ2v) is 5.39. The van der Waals surface area contributed by atoms with Crippen LogP contribution < -0.4 is 5.73 Å². The summed E-state index contributed by atoms with van der Waals surface area (Å²) in [7, 11) is 0. The zero-order chi connectivity index (χ0) is 12.3. The number of nitrogens with zero attached hydrogens (tertiary/aromatic N) is 1. The fourth-order valence-corrected chi connectivity index (χ4v) is 2.59. The van der Waals surface area contributed by atoms with Crippen LogP contribution in [0.1, 0.15) is 29.5 Å². The number of hydrogen-bond donors (Lipinski definition) is 1. The molecule has 0 unspecified atom stereocenters. The van der Waals surface area contributed by atoms with Crippen molar-refractivity contribution in [1.82, 2.24) is 4.90 Å². The van der Waals surface area contributed by atoms with Crippen molar-refractivity contribution in [2.24, 2.45) is 11.7 Å². The minimum Gasteiger partial charge on any atom is -0.330 e. The quantitative estimate of drug-likeness (QED) is 0.867. The van der Waals surface area contributed by atoms with Gasteiger partial charge in [0.15, 0.2) is 0 Å². The van der Waals surface area contributed by atoms with Crippen LogP contribution in [0.2, 0.25) is 0 Å². The fourth-order valence-electron chi connectivity index (χ4n) is 2.59. The van der Waals surface area contributed by atoms with Crippen LogP contribution in [-0.2, 0) is 6.54 Å². The Kier molecular flexibility index (Phi) is 4.19. The maximum atomic E-state index is 5.73. The van der Waals surface area contributed by atoms with Gasteiger partial charge in [0.25, 0.3) is 0 Å². The largest absolute Gasteiger partial charge is 0.330 e. The molecule has 17 heavy (non-hydrogen) atoms. The molecule has 2 rings (SSSR count). The molecule has 1 aliphatic heterocycles. The molecule has 0 atom stereocenters. The Labute approximate surface area is 105 Å². The Morgan fingerprint density at radius 1 is 1.24 bits per heavy atom. The first-order valence-corrected chi connectivity index (χ1v) is 6.67. The highest BCUT2D eigenvalue weighted by Gasteiger charge is 2.18. The summed E-state index contributed by atoms with van der Waals surface area (Å²) >= 11 is 0. The summed E-state index contributed by atoms with van der Waals surface area (Å²) < 4.78 is 0. The maximum absolute atomic E-state index is 5.73. The van der Waals surface area contributed by atoms with E-state index in [1.54, 1.807) is 0 Å². The second-order valence-electron chi connectivity index (χ2n) is 5.39. The lowest BCUT2D eigenvalue weighted by Crippen LogP contribution is -2.35. The van der Waals surface area contributed by atoms with Crippen molar-refractivity contribution in [3.63, 3.8) is 0 Å². The first-order valence-electron chi connectivity index (χ1n) is 6.67. The molecule has 1 aromatic rings. The lowest BCUT2D eigenvalue weighted by molar-refractivity contribution is 0.180. The molecule has 0 spiro atoms. The SMILES string of the molecule is Cc1ccc(C)c(CN2CCC(CN)CC2)c1. The van der Waals surface area contributed by atoms with Crippen LogP contribution in [0.3, 0.4) is 0 Å². The predicted molar refractivity (Wildman–Crippen MR) is 73.0 cm³/mol. The van der Waals surface area contributed by atoms with E-state index in [2.05, 4.69) is 36.9 Å². The summed E-state index contributed by atoms with van der Waals surface area (Å²) in [4.78, 5) is 2.56. The van der Waals surface area contributed by atoms with Crippen molar-refractivity contribution in [2.75, 3.05) is 19.6 Å². The molecule has 1 heterocycles. The number of aryl methyl sites for hydroxylation is 2. The van der Waals surface area contributed by atoms with Crippen molar-refractivity contribution >= 4 is 0 Å². The number of piperidine rings is 1. The van der Waals surface area contributed by atoms with Gasteiger partial charge < -0.3 is 5.73 Å². The van der Waals surface area contributed by atoms with Gasteiger partial charge in [-0.15, -0.1) is 0 Å². The van der Waals surface area contributed by atoms with Crippen LogP contribution in [0.4, 0.5) is 0 Å². The van der Waals surface area contributed by atoms with E-state index in [-0.39, 0.29) is 0 Å². The molecule has 1 aromatic carbocycles. The van der Waals surface area contributed by atoms with Crippen LogP contribution in [0.5, 0.6) is 0 Å². The molecule has 0 bridgehead atoms. The van der Waals surface area contributed by atoms with Crippen LogP contribution in [0.15, 0.2) is 18.2 Å². The van der Waals surface area contributed by atoms with Gasteiger partial charge in [-0.2, -0.15) is 0 Å². The van der Waals surface area contributed by atoms with Crippen molar-refractivity contribution < 1.29 is 0 Å². The molecular formula is C15H24N2. The Balaban J connectivity index is 1.95. The van der Waals surface area contributed by atoms with Crippen LogP contribution in [0, 0.1) is 19.8 Å². The van der Waals surface area contributed by atoms with E-state index in [9.17, 15) is 0 Å². The van der Waals surface area contributed by atoms with Crippen molar-refractivity contribution in [3.8, 4) is 0 Å². The molecular weight excluding hydrogens is 208 g/mol. The molecule has 0 radical (unpaired) electrons. The van der Waals surface area contributed by atoms with E-state index in [0.717, 1.165) is 19.0 Å². The number of hydrogen-bond acceptors (Lipinski definition) is 2. The van der Waals surface area contributed by atoms with Gasteiger partial charge in [-0.05, 0) is 63.4 Å². The Hall–Kier alpha value is -0.860. The van der Waals surface area contributed by atoms with Gasteiger partial charge in [-0.3, -0.25) is 4.90 Å². The standard InChI is InChI=1S/C15H24N2/c1-12-3-4-13(2)15(9-12)11-17-7-5-14(10-16)6-8-17/h3-4,9,14H,5-8,10-11,16H2,1-2H3. The molecule has 1 fully saturated rings. The monoisotopic (exact) mass is 232 g/mol. The topological polar surface area (TPSA) is 29.3 Å². The summed E-state index contributed by atoms with van der Waals surface area (Å²) in [6.45, 7) is 8.75. The van der Waals surface area contributed by atoms with E-state index in [0.29, 0.717) is 0 Å². The van der Waals surface area contributed by atoms with Crippen molar-refractivity contribution in [3.05, 3.63) is 34.9 Å². The molecule has 0 aliphatic carbocycles. The van der Waals surface area contributed by atoms with E-state index in [1.807, 2.05) is 0 Å². The number of rotatable bonds is 3. The lowest BCUT2D eigenvalue weighted by Gasteiger charge is -2.31. The average Bonchev–Trinajstić information content (AvgIpc) is 2.35. The third-order valence-corrected chi connectivity index (χ3v) is 3.94. The molecule has 1 saturated heterocycles. The summed E-state index contributed by atoms with van der Waals surface area (Å²) in [5, 5.41) is 0. The molecule has 2 heteroatoms. The molecule has 2 nitrogen and oxygen atoms in total. The predicted octanol–water partition coefficient (Wildman–Crippen LogP) is 2.47. The average molecular weight is 232 g/mol. The molecule has 94 valence electrons. The van der Waals surface area contributed by atoms with Gasteiger partial charge in [0.2, 0.25) is 0 Å². The number of benzene rings is 1. The van der Waals surface area contributed by atoms with Crippen molar-refractivity contribution in [1.29, 1.82) is 0 Å². The Bertz CT molecular complexity index is 365. The van der Waals surface area contributed by atoms with Gasteiger partial charge in [-0.25, -0.2) is 0 Å². The van der Waals surface area contributed by atoms with Gasteiger partial charge in [0.05, 0.1) is 0 Å². The normalized spacial score (nSPS) is 18.5. The van der Waals surface area contributed by atoms with Crippen molar-refractivity contribution in [2.45, 2.75) is 33.2 Å². The molecule has 0 amide bonds. The van der Waals surface area contributed by atoms with Gasteiger partial charge in [0, 0.05) is 6.54 Å². The Morgan fingerprint density at radius 3 is 2.59 bits per heavy atom. The van der Waals surface area contributed by atoms with E-state index >= 15 is 0 Å². The first kappa shape index (κ1) is 12.6. The van der Waals surface area contributed by atoms with E-state index < -0.39 is 0 Å². The summed E-state index contributed by atoms with van der Waals surface area (Å²) in [5.74, 6) is 0.754. The zero-order valence-corrected chi connectivity index (χ0v) is 11.1. The first-order chi connectivity index (χ1) is 8.19. The lowest BCUT2D eigenvalue weighted by atomic mass is 9.96.